The van der Waals surface area contributed by atoms with Crippen molar-refractivity contribution in [3.8, 4) is 0 Å². The predicted molar refractivity (Wildman–Crippen MR) is 36.9 cm³/mol. The fraction of sp³-hybridized carbons (Fsp3) is 0.714. The van der Waals surface area contributed by atoms with Crippen molar-refractivity contribution >= 4 is 0 Å². The molecule has 0 spiro atoms. The molecule has 1 aliphatic heterocycles. The highest BCUT2D eigenvalue weighted by molar-refractivity contribution is 4.65. The molecule has 0 aliphatic carbocycles. The second kappa shape index (κ2) is 2.50. The summed E-state index contributed by atoms with van der Waals surface area (Å²) in [5.41, 5.74) is 0. The van der Waals surface area contributed by atoms with Crippen LogP contribution in [-0.2, 0) is 4.74 Å². The lowest BCUT2D eigenvalue weighted by Gasteiger charge is -2.24. The van der Waals surface area contributed by atoms with Crippen LogP contribution >= 0.6 is 0 Å². The van der Waals surface area contributed by atoms with E-state index in [9.17, 15) is 0 Å². The smallest absolute Gasteiger partial charge is 0.183 e. The van der Waals surface area contributed by atoms with Gasteiger partial charge in [-0.15, -0.1) is 0 Å². The van der Waals surface area contributed by atoms with Crippen LogP contribution in [0.2, 0.25) is 0 Å². The maximum Gasteiger partial charge on any atom is 0.183 e. The van der Waals surface area contributed by atoms with Crippen LogP contribution in [0.1, 0.15) is 0 Å². The molecular weight excluding hydrogens is 114 g/mol. The summed E-state index contributed by atoms with van der Waals surface area (Å²) >= 11 is 0. The number of hydrogen-bond acceptors (Lipinski definition) is 1. The van der Waals surface area contributed by atoms with Crippen LogP contribution in [0.25, 0.3) is 0 Å². The van der Waals surface area contributed by atoms with Crippen molar-refractivity contribution in [2.75, 3.05) is 33.5 Å². The van der Waals surface area contributed by atoms with E-state index in [1.54, 1.807) is 0 Å². The fourth-order valence-electron chi connectivity index (χ4n) is 1.09. The van der Waals surface area contributed by atoms with Crippen molar-refractivity contribution in [1.82, 2.24) is 0 Å². The molecule has 1 unspecified atom stereocenters. The Morgan fingerprint density at radius 2 is 2.56 bits per heavy atom. The molecule has 1 saturated heterocycles. The van der Waals surface area contributed by atoms with Crippen molar-refractivity contribution in [2.45, 2.75) is 0 Å². The third-order valence-corrected chi connectivity index (χ3v) is 1.75. The molecule has 1 aliphatic rings. The van der Waals surface area contributed by atoms with E-state index in [4.69, 9.17) is 4.74 Å². The summed E-state index contributed by atoms with van der Waals surface area (Å²) in [5.74, 6) is 0. The molecule has 1 heterocycles. The molecule has 0 amide bonds. The minimum Gasteiger partial charge on any atom is -0.326 e. The molecule has 0 N–H and O–H groups in total. The summed E-state index contributed by atoms with van der Waals surface area (Å²) in [6.07, 6.45) is 1.95. The Bertz CT molecular complexity index is 105. The van der Waals surface area contributed by atoms with Crippen molar-refractivity contribution < 1.29 is 9.22 Å². The van der Waals surface area contributed by atoms with Gasteiger partial charge in [-0.1, -0.05) is 6.58 Å². The Kier molecular flexibility index (Phi) is 1.88. The SMILES string of the molecule is C=CC[N+]1(C)CCOC1. The maximum absolute atomic E-state index is 5.24. The van der Waals surface area contributed by atoms with Crippen molar-refractivity contribution in [1.29, 1.82) is 0 Å². The first-order valence-electron chi connectivity index (χ1n) is 3.29. The van der Waals surface area contributed by atoms with Crippen LogP contribution in [-0.4, -0.2) is 38.0 Å². The van der Waals surface area contributed by atoms with E-state index in [1.165, 1.54) is 0 Å². The van der Waals surface area contributed by atoms with Gasteiger partial charge in [0, 0.05) is 0 Å². The molecule has 2 nitrogen and oxygen atoms in total. The molecule has 0 aromatic carbocycles. The highest BCUT2D eigenvalue weighted by atomic mass is 16.5. The lowest BCUT2D eigenvalue weighted by Crippen LogP contribution is -2.41. The lowest BCUT2D eigenvalue weighted by atomic mass is 10.4. The Hall–Kier alpha value is -0.340. The first kappa shape index (κ1) is 6.78. The van der Waals surface area contributed by atoms with E-state index in [0.717, 1.165) is 30.9 Å². The van der Waals surface area contributed by atoms with Gasteiger partial charge >= 0.3 is 0 Å². The van der Waals surface area contributed by atoms with Crippen molar-refractivity contribution in [3.05, 3.63) is 12.7 Å². The topological polar surface area (TPSA) is 9.23 Å². The predicted octanol–water partition coefficient (Wildman–Crippen LogP) is 0.607. The highest BCUT2D eigenvalue weighted by Gasteiger charge is 2.25. The zero-order valence-corrected chi connectivity index (χ0v) is 5.97. The van der Waals surface area contributed by atoms with Crippen LogP contribution in [0.3, 0.4) is 0 Å². The molecule has 1 rings (SSSR count). The molecule has 0 saturated carbocycles. The zero-order chi connectivity index (χ0) is 6.74. The molecule has 0 aromatic rings. The summed E-state index contributed by atoms with van der Waals surface area (Å²) in [7, 11) is 2.19. The fourth-order valence-corrected chi connectivity index (χ4v) is 1.09. The Morgan fingerprint density at radius 1 is 1.78 bits per heavy atom. The molecule has 1 atom stereocenters. The zero-order valence-electron chi connectivity index (χ0n) is 5.97. The van der Waals surface area contributed by atoms with Gasteiger partial charge in [-0.2, -0.15) is 0 Å². The van der Waals surface area contributed by atoms with Crippen molar-refractivity contribution in [3.63, 3.8) is 0 Å². The average molecular weight is 128 g/mol. The molecule has 9 heavy (non-hydrogen) atoms. The highest BCUT2D eigenvalue weighted by Crippen LogP contribution is 2.08. The number of likely N-dealkylation sites (N-methyl/N-ethyl adjacent to an activating group) is 1. The number of hydrogen-bond donors (Lipinski definition) is 0. The van der Waals surface area contributed by atoms with E-state index in [2.05, 4.69) is 13.6 Å². The van der Waals surface area contributed by atoms with Gasteiger partial charge in [0.05, 0.1) is 13.6 Å². The molecule has 52 valence electrons. The minimum absolute atomic E-state index is 0.853. The summed E-state index contributed by atoms with van der Waals surface area (Å²) in [4.78, 5) is 0. The summed E-state index contributed by atoms with van der Waals surface area (Å²) in [5, 5.41) is 0. The van der Waals surface area contributed by atoms with Gasteiger partial charge in [-0.25, -0.2) is 0 Å². The van der Waals surface area contributed by atoms with E-state index in [-0.39, 0.29) is 0 Å². The number of ether oxygens (including phenoxy) is 1. The van der Waals surface area contributed by atoms with Gasteiger partial charge in [0.15, 0.2) is 6.73 Å². The third-order valence-electron chi connectivity index (χ3n) is 1.75. The van der Waals surface area contributed by atoms with E-state index in [0.29, 0.717) is 0 Å². The van der Waals surface area contributed by atoms with E-state index in [1.807, 2.05) is 6.08 Å². The van der Waals surface area contributed by atoms with Gasteiger partial charge < -0.3 is 4.74 Å². The minimum atomic E-state index is 0.853. The lowest BCUT2D eigenvalue weighted by molar-refractivity contribution is -0.900. The Balaban J connectivity index is 2.40. The van der Waals surface area contributed by atoms with Gasteiger partial charge in [0.25, 0.3) is 0 Å². The van der Waals surface area contributed by atoms with Gasteiger partial charge in [-0.3, -0.25) is 4.48 Å². The standard InChI is InChI=1S/C7H14NO/c1-3-4-8(2)5-6-9-7-8/h3H,1,4-7H2,2H3/q+1. The Labute approximate surface area is 56.3 Å². The average Bonchev–Trinajstić information content (AvgIpc) is 2.16. The van der Waals surface area contributed by atoms with Gasteiger partial charge in [0.2, 0.25) is 0 Å². The normalized spacial score (nSPS) is 34.8. The molecule has 1 fully saturated rings. The quantitative estimate of drug-likeness (QED) is 0.391. The van der Waals surface area contributed by atoms with Crippen LogP contribution in [0.15, 0.2) is 12.7 Å². The first-order chi connectivity index (χ1) is 4.27. The number of quaternary nitrogens is 1. The second-order valence-corrected chi connectivity index (χ2v) is 2.85. The first-order valence-corrected chi connectivity index (χ1v) is 3.29. The molecule has 0 radical (unpaired) electrons. The van der Waals surface area contributed by atoms with Crippen molar-refractivity contribution in [2.24, 2.45) is 0 Å². The van der Waals surface area contributed by atoms with Crippen LogP contribution < -0.4 is 0 Å². The van der Waals surface area contributed by atoms with Crippen LogP contribution in [0.4, 0.5) is 0 Å². The monoisotopic (exact) mass is 128 g/mol. The summed E-state index contributed by atoms with van der Waals surface area (Å²) < 4.78 is 6.24. The van der Waals surface area contributed by atoms with Crippen LogP contribution in [0.5, 0.6) is 0 Å². The van der Waals surface area contributed by atoms with Gasteiger partial charge in [-0.05, 0) is 6.08 Å². The van der Waals surface area contributed by atoms with Crippen LogP contribution in [0, 0.1) is 0 Å². The molecule has 0 bridgehead atoms. The Morgan fingerprint density at radius 3 is 3.00 bits per heavy atom. The second-order valence-electron chi connectivity index (χ2n) is 2.85. The van der Waals surface area contributed by atoms with E-state index >= 15 is 0 Å². The van der Waals surface area contributed by atoms with E-state index < -0.39 is 0 Å². The molecule has 0 aromatic heterocycles. The summed E-state index contributed by atoms with van der Waals surface area (Å²) in [6, 6.07) is 0. The number of rotatable bonds is 2. The van der Waals surface area contributed by atoms with Gasteiger partial charge in [0.1, 0.15) is 13.2 Å². The molecule has 2 heteroatoms. The maximum atomic E-state index is 5.24. The summed E-state index contributed by atoms with van der Waals surface area (Å²) in [6.45, 7) is 7.62. The largest absolute Gasteiger partial charge is 0.326 e. The third kappa shape index (κ3) is 1.53. The molecular formula is C7H14NO+. The number of nitrogens with zero attached hydrogens (tertiary/aromatic N) is 1.